The SMILES string of the molecule is O=C(O)[C@@H]1CCCN1C(=O)Nc1cc(F)c(F)c(F)c1. The zero-order valence-electron chi connectivity index (χ0n) is 10.2. The van der Waals surface area contributed by atoms with Gasteiger partial charge in [-0.05, 0) is 12.8 Å². The molecule has 1 atom stereocenters. The Bertz CT molecular complexity index is 542. The molecule has 0 aliphatic carbocycles. The van der Waals surface area contributed by atoms with Crippen LogP contribution in [0.5, 0.6) is 0 Å². The van der Waals surface area contributed by atoms with E-state index >= 15 is 0 Å². The molecule has 108 valence electrons. The zero-order valence-corrected chi connectivity index (χ0v) is 10.2. The zero-order chi connectivity index (χ0) is 14.9. The largest absolute Gasteiger partial charge is 0.480 e. The Kier molecular flexibility index (Phi) is 3.82. The Hall–Kier alpha value is -2.25. The van der Waals surface area contributed by atoms with Crippen LogP contribution in [0, 0.1) is 17.5 Å². The van der Waals surface area contributed by atoms with Gasteiger partial charge in [0.1, 0.15) is 6.04 Å². The van der Waals surface area contributed by atoms with E-state index in [2.05, 4.69) is 5.32 Å². The Morgan fingerprint density at radius 3 is 2.40 bits per heavy atom. The van der Waals surface area contributed by atoms with Crippen molar-refractivity contribution >= 4 is 17.7 Å². The number of hydrogen-bond acceptors (Lipinski definition) is 2. The van der Waals surface area contributed by atoms with Gasteiger partial charge in [0.2, 0.25) is 0 Å². The van der Waals surface area contributed by atoms with E-state index in [9.17, 15) is 22.8 Å². The number of hydrogen-bond donors (Lipinski definition) is 2. The average Bonchev–Trinajstić information content (AvgIpc) is 2.85. The molecule has 20 heavy (non-hydrogen) atoms. The third-order valence-electron chi connectivity index (χ3n) is 3.03. The highest BCUT2D eigenvalue weighted by Gasteiger charge is 2.34. The fraction of sp³-hybridized carbons (Fsp3) is 0.333. The summed E-state index contributed by atoms with van der Waals surface area (Å²) in [6, 6.07) is -0.505. The number of anilines is 1. The number of carbonyl (C=O) groups is 2. The predicted octanol–water partition coefficient (Wildman–Crippen LogP) is 2.18. The van der Waals surface area contributed by atoms with E-state index in [-0.39, 0.29) is 12.2 Å². The Labute approximate surface area is 112 Å². The smallest absolute Gasteiger partial charge is 0.326 e. The summed E-state index contributed by atoms with van der Waals surface area (Å²) in [5.41, 5.74) is -0.276. The van der Waals surface area contributed by atoms with Crippen molar-refractivity contribution in [2.24, 2.45) is 0 Å². The van der Waals surface area contributed by atoms with E-state index in [4.69, 9.17) is 5.11 Å². The fourth-order valence-electron chi connectivity index (χ4n) is 2.09. The van der Waals surface area contributed by atoms with Crippen molar-refractivity contribution in [3.8, 4) is 0 Å². The lowest BCUT2D eigenvalue weighted by molar-refractivity contribution is -0.141. The van der Waals surface area contributed by atoms with Crippen molar-refractivity contribution in [3.63, 3.8) is 0 Å². The minimum atomic E-state index is -1.63. The van der Waals surface area contributed by atoms with Crippen LogP contribution < -0.4 is 5.32 Å². The van der Waals surface area contributed by atoms with Gasteiger partial charge in [-0.15, -0.1) is 0 Å². The fourth-order valence-corrected chi connectivity index (χ4v) is 2.09. The maximum Gasteiger partial charge on any atom is 0.326 e. The van der Waals surface area contributed by atoms with Crippen LogP contribution in [0.1, 0.15) is 12.8 Å². The van der Waals surface area contributed by atoms with Gasteiger partial charge in [0.15, 0.2) is 17.5 Å². The van der Waals surface area contributed by atoms with Gasteiger partial charge in [0.05, 0.1) is 0 Å². The maximum absolute atomic E-state index is 13.0. The number of nitrogens with one attached hydrogen (secondary N) is 1. The molecular weight excluding hydrogens is 277 g/mol. The van der Waals surface area contributed by atoms with Gasteiger partial charge in [-0.3, -0.25) is 0 Å². The highest BCUT2D eigenvalue weighted by molar-refractivity contribution is 5.92. The first-order valence-electron chi connectivity index (χ1n) is 5.85. The Morgan fingerprint density at radius 2 is 1.85 bits per heavy atom. The molecule has 1 aromatic carbocycles. The van der Waals surface area contributed by atoms with Crippen LogP contribution in [-0.2, 0) is 4.79 Å². The van der Waals surface area contributed by atoms with Crippen LogP contribution in [0.15, 0.2) is 12.1 Å². The number of urea groups is 1. The third kappa shape index (κ3) is 2.68. The predicted molar refractivity (Wildman–Crippen MR) is 62.7 cm³/mol. The van der Waals surface area contributed by atoms with Crippen LogP contribution in [0.4, 0.5) is 23.7 Å². The molecule has 0 saturated carbocycles. The van der Waals surface area contributed by atoms with Crippen LogP contribution in [0.25, 0.3) is 0 Å². The first-order valence-corrected chi connectivity index (χ1v) is 5.85. The topological polar surface area (TPSA) is 69.6 Å². The molecule has 0 aromatic heterocycles. The number of carbonyl (C=O) groups excluding carboxylic acids is 1. The Balaban J connectivity index is 2.14. The summed E-state index contributed by atoms with van der Waals surface area (Å²) in [6.07, 6.45) is 0.839. The molecule has 2 rings (SSSR count). The lowest BCUT2D eigenvalue weighted by atomic mass is 10.2. The molecule has 1 saturated heterocycles. The summed E-state index contributed by atoms with van der Waals surface area (Å²) < 4.78 is 38.8. The minimum Gasteiger partial charge on any atom is -0.480 e. The number of benzene rings is 1. The quantitative estimate of drug-likeness (QED) is 0.819. The molecule has 1 heterocycles. The van der Waals surface area contributed by atoms with Gasteiger partial charge in [-0.2, -0.15) is 0 Å². The average molecular weight is 288 g/mol. The van der Waals surface area contributed by atoms with Crippen LogP contribution >= 0.6 is 0 Å². The van der Waals surface area contributed by atoms with Gasteiger partial charge in [0.25, 0.3) is 0 Å². The molecule has 0 bridgehead atoms. The summed E-state index contributed by atoms with van der Waals surface area (Å²) in [7, 11) is 0. The van der Waals surface area contributed by atoms with Crippen LogP contribution in [0.3, 0.4) is 0 Å². The van der Waals surface area contributed by atoms with Crippen molar-refractivity contribution in [1.29, 1.82) is 0 Å². The second-order valence-corrected chi connectivity index (χ2v) is 4.37. The number of aliphatic carboxylic acids is 1. The Morgan fingerprint density at radius 1 is 1.25 bits per heavy atom. The molecule has 0 radical (unpaired) electrons. The van der Waals surface area contributed by atoms with Crippen molar-refractivity contribution < 1.29 is 27.9 Å². The van der Waals surface area contributed by atoms with Gasteiger partial charge in [-0.1, -0.05) is 0 Å². The highest BCUT2D eigenvalue weighted by atomic mass is 19.2. The van der Waals surface area contributed by atoms with Crippen LogP contribution in [-0.4, -0.2) is 34.6 Å². The standard InChI is InChI=1S/C12H11F3N2O3/c13-7-4-6(5-8(14)10(7)15)16-12(20)17-3-1-2-9(17)11(18)19/h4-5,9H,1-3H2,(H,16,20)(H,18,19)/t9-/m0/s1. The van der Waals surface area contributed by atoms with Crippen molar-refractivity contribution in [1.82, 2.24) is 4.90 Å². The van der Waals surface area contributed by atoms with E-state index in [1.807, 2.05) is 0 Å². The monoisotopic (exact) mass is 288 g/mol. The van der Waals surface area contributed by atoms with Crippen molar-refractivity contribution in [2.45, 2.75) is 18.9 Å². The lowest BCUT2D eigenvalue weighted by Crippen LogP contribution is -2.42. The molecule has 1 fully saturated rings. The number of halogens is 3. The molecule has 0 spiro atoms. The van der Waals surface area contributed by atoms with E-state index in [0.717, 1.165) is 4.90 Å². The molecule has 2 N–H and O–H groups in total. The third-order valence-corrected chi connectivity index (χ3v) is 3.03. The first-order chi connectivity index (χ1) is 9.40. The first kappa shape index (κ1) is 14.2. The van der Waals surface area contributed by atoms with Crippen molar-refractivity contribution in [2.75, 3.05) is 11.9 Å². The molecule has 8 heteroatoms. The number of likely N-dealkylation sites (tertiary alicyclic amines) is 1. The van der Waals surface area contributed by atoms with E-state index in [0.29, 0.717) is 25.0 Å². The molecule has 1 aliphatic heterocycles. The second kappa shape index (κ2) is 5.40. The minimum absolute atomic E-state index is 0.231. The molecule has 0 unspecified atom stereocenters. The lowest BCUT2D eigenvalue weighted by Gasteiger charge is -2.21. The number of nitrogens with zero attached hydrogens (tertiary/aromatic N) is 1. The van der Waals surface area contributed by atoms with Gasteiger partial charge < -0.3 is 15.3 Å². The number of carboxylic acids is 1. The van der Waals surface area contributed by atoms with E-state index in [1.165, 1.54) is 0 Å². The van der Waals surface area contributed by atoms with Gasteiger partial charge >= 0.3 is 12.0 Å². The van der Waals surface area contributed by atoms with Gasteiger partial charge in [-0.25, -0.2) is 22.8 Å². The summed E-state index contributed by atoms with van der Waals surface area (Å²) in [5.74, 6) is -5.64. The molecule has 5 nitrogen and oxygen atoms in total. The summed E-state index contributed by atoms with van der Waals surface area (Å²) >= 11 is 0. The normalized spacial score (nSPS) is 18.1. The maximum atomic E-state index is 13.0. The van der Waals surface area contributed by atoms with Crippen molar-refractivity contribution in [3.05, 3.63) is 29.6 Å². The molecular formula is C12H11F3N2O3. The molecule has 1 aliphatic rings. The summed E-state index contributed by atoms with van der Waals surface area (Å²) in [4.78, 5) is 23.8. The van der Waals surface area contributed by atoms with Crippen LogP contribution in [0.2, 0.25) is 0 Å². The van der Waals surface area contributed by atoms with E-state index in [1.54, 1.807) is 0 Å². The van der Waals surface area contributed by atoms with Gasteiger partial charge in [0, 0.05) is 24.4 Å². The summed E-state index contributed by atoms with van der Waals surface area (Å²) in [6.45, 7) is 0.231. The number of rotatable bonds is 2. The molecule has 1 aromatic rings. The number of amides is 2. The highest BCUT2D eigenvalue weighted by Crippen LogP contribution is 2.21. The second-order valence-electron chi connectivity index (χ2n) is 4.37. The summed E-state index contributed by atoms with van der Waals surface area (Å²) in [5, 5.41) is 11.1. The van der Waals surface area contributed by atoms with E-state index < -0.39 is 35.5 Å². The molecule has 2 amide bonds. The number of carboxylic acid groups (broad SMARTS) is 1.